The van der Waals surface area contributed by atoms with E-state index in [2.05, 4.69) is 16.7 Å². The smallest absolute Gasteiger partial charge is 0.251 e. The van der Waals surface area contributed by atoms with E-state index in [0.29, 0.717) is 0 Å². The van der Waals surface area contributed by atoms with E-state index in [1.54, 1.807) is 7.11 Å². The van der Waals surface area contributed by atoms with E-state index >= 15 is 0 Å². The molecule has 2 N–H and O–H groups in total. The molecule has 4 nitrogen and oxygen atoms in total. The summed E-state index contributed by atoms with van der Waals surface area (Å²) >= 11 is 0. The van der Waals surface area contributed by atoms with Crippen molar-refractivity contribution >= 4 is 5.91 Å². The summed E-state index contributed by atoms with van der Waals surface area (Å²) in [6.07, 6.45) is 4.38. The monoisotopic (exact) mass is 274 g/mol. The van der Waals surface area contributed by atoms with Crippen LogP contribution in [0.1, 0.15) is 40.7 Å². The molecule has 3 rings (SSSR count). The van der Waals surface area contributed by atoms with Gasteiger partial charge in [-0.1, -0.05) is 6.07 Å². The van der Waals surface area contributed by atoms with Crippen molar-refractivity contribution < 1.29 is 9.53 Å². The number of carbonyl (C=O) groups excluding carboxylic acids is 1. The standard InChI is InChI=1S/C16H22N2O2/c1-20-15-4-2-3-14(15)18-16(19)12-6-5-11-7-8-17-10-13(11)9-12/h5-6,9,14-15,17H,2-4,7-8,10H2,1H3,(H,18,19). The van der Waals surface area contributed by atoms with E-state index in [-0.39, 0.29) is 18.1 Å². The summed E-state index contributed by atoms with van der Waals surface area (Å²) in [7, 11) is 1.72. The van der Waals surface area contributed by atoms with Gasteiger partial charge in [-0.25, -0.2) is 0 Å². The number of hydrogen-bond donors (Lipinski definition) is 2. The Hall–Kier alpha value is -1.39. The van der Waals surface area contributed by atoms with Gasteiger partial charge in [0.2, 0.25) is 0 Å². The maximum atomic E-state index is 12.4. The Bertz CT molecular complexity index is 501. The predicted octanol–water partition coefficient (Wildman–Crippen LogP) is 1.63. The van der Waals surface area contributed by atoms with Gasteiger partial charge in [0.15, 0.2) is 0 Å². The van der Waals surface area contributed by atoms with E-state index < -0.39 is 0 Å². The Labute approximate surface area is 119 Å². The Morgan fingerprint density at radius 3 is 3.10 bits per heavy atom. The minimum absolute atomic E-state index is 0.0207. The molecule has 0 aromatic heterocycles. The van der Waals surface area contributed by atoms with Gasteiger partial charge in [0, 0.05) is 19.2 Å². The molecule has 0 bridgehead atoms. The number of methoxy groups -OCH3 is 1. The normalized spacial score (nSPS) is 25.2. The highest BCUT2D eigenvalue weighted by Crippen LogP contribution is 2.22. The van der Waals surface area contributed by atoms with Gasteiger partial charge in [-0.05, 0) is 55.5 Å². The molecular formula is C16H22N2O2. The van der Waals surface area contributed by atoms with Crippen molar-refractivity contribution in [2.75, 3.05) is 13.7 Å². The molecule has 1 fully saturated rings. The maximum Gasteiger partial charge on any atom is 0.251 e. The van der Waals surface area contributed by atoms with Crippen molar-refractivity contribution in [1.82, 2.24) is 10.6 Å². The van der Waals surface area contributed by atoms with Crippen molar-refractivity contribution in [3.05, 3.63) is 34.9 Å². The number of ether oxygens (including phenoxy) is 1. The molecule has 1 aliphatic carbocycles. The van der Waals surface area contributed by atoms with Crippen LogP contribution in [-0.4, -0.2) is 31.7 Å². The molecule has 0 radical (unpaired) electrons. The maximum absolute atomic E-state index is 12.4. The molecule has 1 amide bonds. The highest BCUT2D eigenvalue weighted by atomic mass is 16.5. The van der Waals surface area contributed by atoms with Gasteiger partial charge < -0.3 is 15.4 Å². The van der Waals surface area contributed by atoms with E-state index in [1.165, 1.54) is 11.1 Å². The molecule has 2 atom stereocenters. The van der Waals surface area contributed by atoms with Crippen LogP contribution in [0.3, 0.4) is 0 Å². The Balaban J connectivity index is 1.71. The number of nitrogens with one attached hydrogen (secondary N) is 2. The fourth-order valence-electron chi connectivity index (χ4n) is 3.25. The van der Waals surface area contributed by atoms with Crippen molar-refractivity contribution in [2.24, 2.45) is 0 Å². The number of carbonyl (C=O) groups is 1. The molecule has 1 saturated carbocycles. The Morgan fingerprint density at radius 2 is 2.25 bits per heavy atom. The largest absolute Gasteiger partial charge is 0.379 e. The van der Waals surface area contributed by atoms with Crippen LogP contribution in [0.15, 0.2) is 18.2 Å². The SMILES string of the molecule is COC1CCCC1NC(=O)c1ccc2c(c1)CNCC2. The van der Waals surface area contributed by atoms with Gasteiger partial charge in [0.1, 0.15) is 0 Å². The Kier molecular flexibility index (Phi) is 4.03. The highest BCUT2D eigenvalue weighted by Gasteiger charge is 2.28. The van der Waals surface area contributed by atoms with Gasteiger partial charge in [-0.15, -0.1) is 0 Å². The number of hydrogen-bond acceptors (Lipinski definition) is 3. The summed E-state index contributed by atoms with van der Waals surface area (Å²) < 4.78 is 5.43. The third-order valence-electron chi connectivity index (χ3n) is 4.43. The molecule has 2 aliphatic rings. The summed E-state index contributed by atoms with van der Waals surface area (Å²) in [5, 5.41) is 6.46. The molecule has 4 heteroatoms. The molecule has 1 heterocycles. The van der Waals surface area contributed by atoms with E-state index in [4.69, 9.17) is 4.74 Å². The van der Waals surface area contributed by atoms with Crippen LogP contribution in [0, 0.1) is 0 Å². The number of benzene rings is 1. The summed E-state index contributed by atoms with van der Waals surface area (Å²) in [5.74, 6) is 0.0207. The summed E-state index contributed by atoms with van der Waals surface area (Å²) in [6.45, 7) is 1.89. The van der Waals surface area contributed by atoms with Gasteiger partial charge in [0.25, 0.3) is 5.91 Å². The zero-order valence-electron chi connectivity index (χ0n) is 11.9. The third kappa shape index (κ3) is 2.72. The summed E-state index contributed by atoms with van der Waals surface area (Å²) in [5.41, 5.74) is 3.36. The third-order valence-corrected chi connectivity index (χ3v) is 4.43. The first-order chi connectivity index (χ1) is 9.78. The number of rotatable bonds is 3. The quantitative estimate of drug-likeness (QED) is 0.881. The summed E-state index contributed by atoms with van der Waals surface area (Å²) in [6, 6.07) is 6.21. The fourth-order valence-corrected chi connectivity index (χ4v) is 3.25. The minimum atomic E-state index is 0.0207. The minimum Gasteiger partial charge on any atom is -0.379 e. The van der Waals surface area contributed by atoms with Crippen LogP contribution < -0.4 is 10.6 Å². The molecule has 20 heavy (non-hydrogen) atoms. The van der Waals surface area contributed by atoms with Crippen LogP contribution in [-0.2, 0) is 17.7 Å². The van der Waals surface area contributed by atoms with Crippen LogP contribution >= 0.6 is 0 Å². The van der Waals surface area contributed by atoms with E-state index in [9.17, 15) is 4.79 Å². The van der Waals surface area contributed by atoms with E-state index in [0.717, 1.165) is 44.3 Å². The van der Waals surface area contributed by atoms with Crippen molar-refractivity contribution in [1.29, 1.82) is 0 Å². The first kappa shape index (κ1) is 13.6. The number of amides is 1. The average Bonchev–Trinajstić information content (AvgIpc) is 2.94. The Morgan fingerprint density at radius 1 is 1.35 bits per heavy atom. The predicted molar refractivity (Wildman–Crippen MR) is 77.8 cm³/mol. The first-order valence-electron chi connectivity index (χ1n) is 7.44. The van der Waals surface area contributed by atoms with Crippen molar-refractivity contribution in [2.45, 2.75) is 44.4 Å². The number of fused-ring (bicyclic) bond motifs is 1. The average molecular weight is 274 g/mol. The van der Waals surface area contributed by atoms with Gasteiger partial charge in [-0.2, -0.15) is 0 Å². The molecule has 1 aromatic rings. The topological polar surface area (TPSA) is 50.4 Å². The highest BCUT2D eigenvalue weighted by molar-refractivity contribution is 5.94. The van der Waals surface area contributed by atoms with Crippen molar-refractivity contribution in [3.8, 4) is 0 Å². The van der Waals surface area contributed by atoms with E-state index in [1.807, 2.05) is 12.1 Å². The zero-order chi connectivity index (χ0) is 13.9. The lowest BCUT2D eigenvalue weighted by molar-refractivity contribution is 0.0722. The second-order valence-electron chi connectivity index (χ2n) is 5.70. The lowest BCUT2D eigenvalue weighted by Gasteiger charge is -2.21. The van der Waals surface area contributed by atoms with Gasteiger partial charge in [-0.3, -0.25) is 4.79 Å². The lowest BCUT2D eigenvalue weighted by Crippen LogP contribution is -2.40. The van der Waals surface area contributed by atoms with Crippen LogP contribution in [0.5, 0.6) is 0 Å². The molecule has 0 spiro atoms. The first-order valence-corrected chi connectivity index (χ1v) is 7.44. The molecule has 1 aliphatic heterocycles. The molecule has 0 saturated heterocycles. The van der Waals surface area contributed by atoms with Crippen LogP contribution in [0.25, 0.3) is 0 Å². The fraction of sp³-hybridized carbons (Fsp3) is 0.562. The van der Waals surface area contributed by atoms with Crippen LogP contribution in [0.2, 0.25) is 0 Å². The summed E-state index contributed by atoms with van der Waals surface area (Å²) in [4.78, 5) is 12.4. The molecule has 1 aromatic carbocycles. The second-order valence-corrected chi connectivity index (χ2v) is 5.70. The molecule has 2 unspecified atom stereocenters. The van der Waals surface area contributed by atoms with Crippen LogP contribution in [0.4, 0.5) is 0 Å². The lowest BCUT2D eigenvalue weighted by atomic mass is 9.98. The van der Waals surface area contributed by atoms with Gasteiger partial charge in [0.05, 0.1) is 12.1 Å². The zero-order valence-corrected chi connectivity index (χ0v) is 11.9. The molecular weight excluding hydrogens is 252 g/mol. The van der Waals surface area contributed by atoms with Gasteiger partial charge >= 0.3 is 0 Å². The van der Waals surface area contributed by atoms with Crippen molar-refractivity contribution in [3.63, 3.8) is 0 Å². The second kappa shape index (κ2) is 5.94. The molecule has 108 valence electrons.